The molecule has 3 rings (SSSR count). The van der Waals surface area contributed by atoms with Gasteiger partial charge in [-0.3, -0.25) is 18.7 Å². The molecule has 1 aromatic heterocycles. The summed E-state index contributed by atoms with van der Waals surface area (Å²) in [6.07, 6.45) is 1.32. The van der Waals surface area contributed by atoms with E-state index in [0.29, 0.717) is 31.7 Å². The fourth-order valence-corrected chi connectivity index (χ4v) is 3.31. The summed E-state index contributed by atoms with van der Waals surface area (Å²) in [6.45, 7) is 1.22. The van der Waals surface area contributed by atoms with Gasteiger partial charge in [0.1, 0.15) is 11.6 Å². The number of hydrogen-bond acceptors (Lipinski definition) is 5. The number of rotatable bonds is 4. The van der Waals surface area contributed by atoms with Crippen molar-refractivity contribution in [3.63, 3.8) is 0 Å². The highest BCUT2D eigenvalue weighted by atomic mass is 16.5. The van der Waals surface area contributed by atoms with Crippen molar-refractivity contribution in [1.29, 1.82) is 0 Å². The zero-order chi connectivity index (χ0) is 19.6. The SMILES string of the molecule is COc1ccc(NC(=O)C2CCN(c3cc(=O)n(C)c(=O)n3C)CC2)cc1. The minimum absolute atomic E-state index is 0.0160. The quantitative estimate of drug-likeness (QED) is 0.864. The molecule has 1 amide bonds. The molecule has 0 unspecified atom stereocenters. The van der Waals surface area contributed by atoms with E-state index in [4.69, 9.17) is 4.74 Å². The van der Waals surface area contributed by atoms with Crippen LogP contribution in [0.1, 0.15) is 12.8 Å². The number of anilines is 2. The number of benzene rings is 1. The van der Waals surface area contributed by atoms with Gasteiger partial charge in [0.15, 0.2) is 0 Å². The van der Waals surface area contributed by atoms with Crippen LogP contribution in [0.4, 0.5) is 11.5 Å². The van der Waals surface area contributed by atoms with E-state index in [1.165, 1.54) is 17.7 Å². The topological polar surface area (TPSA) is 85.6 Å². The van der Waals surface area contributed by atoms with Gasteiger partial charge in [0.2, 0.25) is 5.91 Å². The van der Waals surface area contributed by atoms with E-state index < -0.39 is 0 Å². The largest absolute Gasteiger partial charge is 0.497 e. The van der Waals surface area contributed by atoms with E-state index >= 15 is 0 Å². The smallest absolute Gasteiger partial charge is 0.332 e. The number of ether oxygens (including phenoxy) is 1. The van der Waals surface area contributed by atoms with Gasteiger partial charge in [-0.25, -0.2) is 4.79 Å². The maximum atomic E-state index is 12.5. The van der Waals surface area contributed by atoms with Crippen LogP contribution in [0.2, 0.25) is 0 Å². The Morgan fingerprint density at radius 1 is 1.07 bits per heavy atom. The zero-order valence-corrected chi connectivity index (χ0v) is 15.8. The van der Waals surface area contributed by atoms with Gasteiger partial charge in [0, 0.05) is 44.9 Å². The fourth-order valence-electron chi connectivity index (χ4n) is 3.31. The summed E-state index contributed by atoms with van der Waals surface area (Å²) in [6, 6.07) is 8.69. The molecule has 2 heterocycles. The van der Waals surface area contributed by atoms with E-state index in [1.54, 1.807) is 38.4 Å². The Labute approximate surface area is 157 Å². The Morgan fingerprint density at radius 2 is 1.70 bits per heavy atom. The monoisotopic (exact) mass is 372 g/mol. The van der Waals surface area contributed by atoms with E-state index in [1.807, 2.05) is 4.90 Å². The maximum Gasteiger partial charge on any atom is 0.332 e. The predicted molar refractivity (Wildman–Crippen MR) is 103 cm³/mol. The molecule has 0 bridgehead atoms. The van der Waals surface area contributed by atoms with Crippen LogP contribution < -0.4 is 26.2 Å². The Kier molecular flexibility index (Phi) is 5.34. The Morgan fingerprint density at radius 3 is 2.30 bits per heavy atom. The van der Waals surface area contributed by atoms with E-state index in [-0.39, 0.29) is 23.1 Å². The number of carbonyl (C=O) groups excluding carboxylic acids is 1. The van der Waals surface area contributed by atoms with Crippen LogP contribution in [0.25, 0.3) is 0 Å². The van der Waals surface area contributed by atoms with Crippen molar-refractivity contribution in [2.45, 2.75) is 12.8 Å². The number of nitrogens with zero attached hydrogens (tertiary/aromatic N) is 3. The van der Waals surface area contributed by atoms with Crippen LogP contribution in [-0.2, 0) is 18.9 Å². The van der Waals surface area contributed by atoms with Crippen molar-refractivity contribution in [1.82, 2.24) is 9.13 Å². The highest BCUT2D eigenvalue weighted by molar-refractivity contribution is 5.92. The Bertz CT molecular complexity index is 938. The number of aromatic nitrogens is 2. The second-order valence-corrected chi connectivity index (χ2v) is 6.72. The number of hydrogen-bond donors (Lipinski definition) is 1. The second kappa shape index (κ2) is 7.69. The van der Waals surface area contributed by atoms with Gasteiger partial charge >= 0.3 is 5.69 Å². The summed E-state index contributed by atoms with van der Waals surface area (Å²) in [4.78, 5) is 38.5. The average Bonchev–Trinajstić information content (AvgIpc) is 2.70. The molecule has 1 aliphatic heterocycles. The van der Waals surface area contributed by atoms with Crippen LogP contribution in [0.15, 0.2) is 39.9 Å². The van der Waals surface area contributed by atoms with Gasteiger partial charge in [-0.15, -0.1) is 0 Å². The van der Waals surface area contributed by atoms with Gasteiger partial charge in [0.05, 0.1) is 7.11 Å². The number of carbonyl (C=O) groups is 1. The third kappa shape index (κ3) is 3.89. The van der Waals surface area contributed by atoms with Crippen molar-refractivity contribution in [2.75, 3.05) is 30.4 Å². The number of piperidine rings is 1. The van der Waals surface area contributed by atoms with Gasteiger partial charge in [0.25, 0.3) is 5.56 Å². The average molecular weight is 372 g/mol. The van der Waals surface area contributed by atoms with Crippen molar-refractivity contribution < 1.29 is 9.53 Å². The minimum Gasteiger partial charge on any atom is -0.497 e. The minimum atomic E-state index is -0.350. The van der Waals surface area contributed by atoms with Crippen LogP contribution in [0.3, 0.4) is 0 Å². The molecule has 0 saturated carbocycles. The molecule has 0 spiro atoms. The second-order valence-electron chi connectivity index (χ2n) is 6.72. The first-order valence-corrected chi connectivity index (χ1v) is 8.87. The third-order valence-electron chi connectivity index (χ3n) is 5.05. The van der Waals surface area contributed by atoms with Gasteiger partial charge in [-0.1, -0.05) is 0 Å². The molecule has 1 N–H and O–H groups in total. The zero-order valence-electron chi connectivity index (χ0n) is 15.8. The molecule has 0 aliphatic carbocycles. The maximum absolute atomic E-state index is 12.5. The van der Waals surface area contributed by atoms with E-state index in [9.17, 15) is 14.4 Å². The summed E-state index contributed by atoms with van der Waals surface area (Å²) < 4.78 is 7.67. The lowest BCUT2D eigenvalue weighted by Crippen LogP contribution is -2.44. The highest BCUT2D eigenvalue weighted by Gasteiger charge is 2.26. The van der Waals surface area contributed by atoms with Gasteiger partial charge < -0.3 is 15.0 Å². The van der Waals surface area contributed by atoms with Crippen molar-refractivity contribution in [3.05, 3.63) is 51.2 Å². The molecule has 1 aromatic carbocycles. The van der Waals surface area contributed by atoms with Gasteiger partial charge in [-0.2, -0.15) is 0 Å². The molecule has 2 aromatic rings. The normalized spacial score (nSPS) is 14.9. The van der Waals surface area contributed by atoms with Crippen molar-refractivity contribution in [3.8, 4) is 5.75 Å². The number of nitrogens with one attached hydrogen (secondary N) is 1. The first kappa shape index (κ1) is 18.8. The molecule has 8 heteroatoms. The molecule has 0 radical (unpaired) electrons. The lowest BCUT2D eigenvalue weighted by Gasteiger charge is -2.33. The van der Waals surface area contributed by atoms with Gasteiger partial charge in [-0.05, 0) is 37.1 Å². The lowest BCUT2D eigenvalue weighted by molar-refractivity contribution is -0.120. The van der Waals surface area contributed by atoms with Crippen LogP contribution in [0, 0.1) is 5.92 Å². The summed E-state index contributed by atoms with van der Waals surface area (Å²) in [5, 5.41) is 2.93. The molecule has 27 heavy (non-hydrogen) atoms. The van der Waals surface area contributed by atoms with Crippen LogP contribution in [-0.4, -0.2) is 35.2 Å². The molecule has 144 valence electrons. The van der Waals surface area contributed by atoms with E-state index in [0.717, 1.165) is 16.0 Å². The molecule has 1 fully saturated rings. The first-order valence-electron chi connectivity index (χ1n) is 8.87. The molecule has 1 saturated heterocycles. The van der Waals surface area contributed by atoms with Crippen molar-refractivity contribution >= 4 is 17.4 Å². The lowest BCUT2D eigenvalue weighted by atomic mass is 9.95. The summed E-state index contributed by atoms with van der Waals surface area (Å²) in [7, 11) is 4.71. The van der Waals surface area contributed by atoms with Crippen molar-refractivity contribution in [2.24, 2.45) is 20.0 Å². The van der Waals surface area contributed by atoms with E-state index in [2.05, 4.69) is 5.32 Å². The molecular formula is C19H24N4O4. The molecular weight excluding hydrogens is 348 g/mol. The summed E-state index contributed by atoms with van der Waals surface area (Å²) in [5.74, 6) is 1.21. The standard InChI is InChI=1S/C19H24N4O4/c1-21-16(12-17(24)22(2)19(21)26)23-10-8-13(9-11-23)18(25)20-14-4-6-15(27-3)7-5-14/h4-7,12-13H,8-11H2,1-3H3,(H,20,25). The summed E-state index contributed by atoms with van der Waals surface area (Å²) >= 11 is 0. The third-order valence-corrected chi connectivity index (χ3v) is 5.05. The summed E-state index contributed by atoms with van der Waals surface area (Å²) in [5.41, 5.74) is 0.0570. The first-order chi connectivity index (χ1) is 12.9. The molecule has 8 nitrogen and oxygen atoms in total. The molecule has 0 atom stereocenters. The highest BCUT2D eigenvalue weighted by Crippen LogP contribution is 2.23. The predicted octanol–water partition coefficient (Wildman–Crippen LogP) is 0.948. The van der Waals surface area contributed by atoms with Crippen LogP contribution in [0.5, 0.6) is 5.75 Å². The number of amides is 1. The fraction of sp³-hybridized carbons (Fsp3) is 0.421. The Hall–Kier alpha value is -3.03. The molecule has 1 aliphatic rings. The Balaban J connectivity index is 1.64. The number of methoxy groups -OCH3 is 1. The van der Waals surface area contributed by atoms with Crippen LogP contribution >= 0.6 is 0 Å².